The summed E-state index contributed by atoms with van der Waals surface area (Å²) in [6.07, 6.45) is 0. The topological polar surface area (TPSA) is 49.0 Å². The molecule has 0 unspecified atom stereocenters. The van der Waals surface area contributed by atoms with Crippen molar-refractivity contribution in [1.29, 1.82) is 0 Å². The lowest BCUT2D eigenvalue weighted by molar-refractivity contribution is 0.310. The van der Waals surface area contributed by atoms with Crippen LogP contribution in [0.15, 0.2) is 58.7 Å². The number of H-pyrrole nitrogens is 1. The van der Waals surface area contributed by atoms with Gasteiger partial charge in [-0.1, -0.05) is 41.9 Å². The average Bonchev–Trinajstić information content (AvgIpc) is 3.06. The highest BCUT2D eigenvalue weighted by molar-refractivity contribution is 7.17. The van der Waals surface area contributed by atoms with E-state index in [1.165, 1.54) is 23.5 Å². The standard InChI is InChI=1S/C21H17ClFN3OS/c1-26(10-13-5-4-6-14(23)9-13)11-18-24-20(27)19-16(12-28-21(19)25-18)15-7-2-3-8-17(15)22/h2-9,12H,10-11H2,1H3,(H,24,25,27). The Bertz CT molecular complexity index is 1200. The third-order valence-electron chi connectivity index (χ3n) is 4.42. The van der Waals surface area contributed by atoms with Gasteiger partial charge in [0, 0.05) is 28.1 Å². The van der Waals surface area contributed by atoms with Crippen LogP contribution in [0.3, 0.4) is 0 Å². The number of rotatable bonds is 5. The van der Waals surface area contributed by atoms with Crippen LogP contribution in [-0.2, 0) is 13.1 Å². The van der Waals surface area contributed by atoms with E-state index in [0.717, 1.165) is 16.7 Å². The second-order valence-electron chi connectivity index (χ2n) is 6.62. The van der Waals surface area contributed by atoms with Crippen LogP contribution in [-0.4, -0.2) is 21.9 Å². The van der Waals surface area contributed by atoms with Gasteiger partial charge in [-0.15, -0.1) is 11.3 Å². The largest absolute Gasteiger partial charge is 0.309 e. The zero-order valence-electron chi connectivity index (χ0n) is 15.1. The summed E-state index contributed by atoms with van der Waals surface area (Å²) in [4.78, 5) is 22.9. The summed E-state index contributed by atoms with van der Waals surface area (Å²) in [5, 5.41) is 3.06. The minimum Gasteiger partial charge on any atom is -0.309 e. The molecule has 0 aliphatic rings. The summed E-state index contributed by atoms with van der Waals surface area (Å²) < 4.78 is 13.4. The number of hydrogen-bond donors (Lipinski definition) is 1. The maximum Gasteiger partial charge on any atom is 0.260 e. The lowest BCUT2D eigenvalue weighted by atomic mass is 10.1. The zero-order chi connectivity index (χ0) is 19.7. The van der Waals surface area contributed by atoms with Crippen molar-refractivity contribution in [3.05, 3.63) is 86.5 Å². The van der Waals surface area contributed by atoms with Crippen LogP contribution in [0, 0.1) is 5.82 Å². The number of fused-ring (bicyclic) bond motifs is 1. The van der Waals surface area contributed by atoms with Crippen molar-refractivity contribution in [1.82, 2.24) is 14.9 Å². The minimum atomic E-state index is -0.260. The van der Waals surface area contributed by atoms with Gasteiger partial charge in [-0.3, -0.25) is 9.69 Å². The lowest BCUT2D eigenvalue weighted by Gasteiger charge is -2.16. The molecule has 4 aromatic rings. The molecule has 0 fully saturated rings. The normalized spacial score (nSPS) is 11.4. The maximum absolute atomic E-state index is 13.4. The first-order chi connectivity index (χ1) is 13.5. The van der Waals surface area contributed by atoms with E-state index in [4.69, 9.17) is 11.6 Å². The van der Waals surface area contributed by atoms with Crippen LogP contribution in [0.2, 0.25) is 5.02 Å². The molecular formula is C21H17ClFN3OS. The van der Waals surface area contributed by atoms with Gasteiger partial charge in [-0.25, -0.2) is 9.37 Å². The smallest absolute Gasteiger partial charge is 0.260 e. The van der Waals surface area contributed by atoms with Crippen molar-refractivity contribution in [2.24, 2.45) is 0 Å². The van der Waals surface area contributed by atoms with Crippen molar-refractivity contribution in [2.45, 2.75) is 13.1 Å². The molecule has 0 saturated carbocycles. The van der Waals surface area contributed by atoms with E-state index in [-0.39, 0.29) is 11.4 Å². The highest BCUT2D eigenvalue weighted by Crippen LogP contribution is 2.34. The van der Waals surface area contributed by atoms with E-state index in [1.807, 2.05) is 41.6 Å². The summed E-state index contributed by atoms with van der Waals surface area (Å²) in [6, 6.07) is 13.9. The van der Waals surface area contributed by atoms with Crippen molar-refractivity contribution in [2.75, 3.05) is 7.05 Å². The van der Waals surface area contributed by atoms with Crippen LogP contribution >= 0.6 is 22.9 Å². The van der Waals surface area contributed by atoms with Gasteiger partial charge in [0.15, 0.2) is 0 Å². The Morgan fingerprint density at radius 3 is 2.75 bits per heavy atom. The second-order valence-corrected chi connectivity index (χ2v) is 7.89. The highest BCUT2D eigenvalue weighted by Gasteiger charge is 2.15. The molecule has 0 aliphatic carbocycles. The first kappa shape index (κ1) is 18.8. The number of nitrogens with one attached hydrogen (secondary N) is 1. The van der Waals surface area contributed by atoms with E-state index < -0.39 is 0 Å². The van der Waals surface area contributed by atoms with E-state index in [0.29, 0.717) is 34.2 Å². The molecule has 0 amide bonds. The number of hydrogen-bond acceptors (Lipinski definition) is 4. The first-order valence-electron chi connectivity index (χ1n) is 8.69. The van der Waals surface area contributed by atoms with Crippen LogP contribution in [0.25, 0.3) is 21.3 Å². The minimum absolute atomic E-state index is 0.185. The molecule has 0 bridgehead atoms. The van der Waals surface area contributed by atoms with Crippen molar-refractivity contribution >= 4 is 33.2 Å². The molecule has 4 nitrogen and oxygen atoms in total. The summed E-state index contributed by atoms with van der Waals surface area (Å²) in [7, 11) is 1.90. The molecular weight excluding hydrogens is 397 g/mol. The maximum atomic E-state index is 13.4. The molecule has 7 heteroatoms. The molecule has 0 atom stereocenters. The fourth-order valence-corrected chi connectivity index (χ4v) is 4.40. The van der Waals surface area contributed by atoms with Crippen LogP contribution in [0.4, 0.5) is 4.39 Å². The average molecular weight is 414 g/mol. The number of aromatic amines is 1. The number of aromatic nitrogens is 2. The number of thiophene rings is 1. The summed E-state index contributed by atoms with van der Waals surface area (Å²) in [5.41, 5.74) is 2.29. The monoisotopic (exact) mass is 413 g/mol. The Morgan fingerprint density at radius 1 is 1.14 bits per heavy atom. The van der Waals surface area contributed by atoms with Gasteiger partial charge >= 0.3 is 0 Å². The highest BCUT2D eigenvalue weighted by atomic mass is 35.5. The fraction of sp³-hybridized carbons (Fsp3) is 0.143. The van der Waals surface area contributed by atoms with Gasteiger partial charge in [0.1, 0.15) is 16.5 Å². The molecule has 0 aliphatic heterocycles. The van der Waals surface area contributed by atoms with Crippen molar-refractivity contribution in [3.8, 4) is 11.1 Å². The molecule has 28 heavy (non-hydrogen) atoms. The predicted molar refractivity (Wildman–Crippen MR) is 112 cm³/mol. The molecule has 142 valence electrons. The lowest BCUT2D eigenvalue weighted by Crippen LogP contribution is -2.21. The van der Waals surface area contributed by atoms with Gasteiger partial charge in [0.2, 0.25) is 0 Å². The molecule has 0 radical (unpaired) electrons. The quantitative estimate of drug-likeness (QED) is 0.496. The van der Waals surface area contributed by atoms with Crippen molar-refractivity contribution in [3.63, 3.8) is 0 Å². The third-order valence-corrected chi connectivity index (χ3v) is 5.62. The van der Waals surface area contributed by atoms with Gasteiger partial charge in [-0.05, 0) is 30.8 Å². The molecule has 2 aromatic heterocycles. The number of benzene rings is 2. The van der Waals surface area contributed by atoms with Gasteiger partial charge < -0.3 is 4.98 Å². The summed E-state index contributed by atoms with van der Waals surface area (Å²) in [5.74, 6) is 0.313. The Labute approximate surface area is 170 Å². The number of halogens is 2. The molecule has 0 spiro atoms. The number of nitrogens with zero attached hydrogens (tertiary/aromatic N) is 2. The molecule has 2 aromatic carbocycles. The van der Waals surface area contributed by atoms with Gasteiger partial charge in [-0.2, -0.15) is 0 Å². The second kappa shape index (κ2) is 7.83. The molecule has 2 heterocycles. The Kier molecular flexibility index (Phi) is 5.26. The van der Waals surface area contributed by atoms with Gasteiger partial charge in [0.05, 0.1) is 11.9 Å². The zero-order valence-corrected chi connectivity index (χ0v) is 16.6. The van der Waals surface area contributed by atoms with E-state index in [1.54, 1.807) is 12.1 Å². The van der Waals surface area contributed by atoms with Crippen molar-refractivity contribution < 1.29 is 4.39 Å². The first-order valence-corrected chi connectivity index (χ1v) is 9.95. The van der Waals surface area contributed by atoms with Crippen LogP contribution in [0.1, 0.15) is 11.4 Å². The summed E-state index contributed by atoms with van der Waals surface area (Å²) >= 11 is 7.72. The predicted octanol–water partition coefficient (Wildman–Crippen LogP) is 5.08. The molecule has 0 saturated heterocycles. The SMILES string of the molecule is CN(Cc1cccc(F)c1)Cc1nc2scc(-c3ccccc3Cl)c2c(=O)[nH]1. The van der Waals surface area contributed by atoms with Crippen LogP contribution < -0.4 is 5.56 Å². The molecule has 1 N–H and O–H groups in total. The molecule has 4 rings (SSSR count). The van der Waals surface area contributed by atoms with Gasteiger partial charge in [0.25, 0.3) is 5.56 Å². The van der Waals surface area contributed by atoms with E-state index in [2.05, 4.69) is 9.97 Å². The van der Waals surface area contributed by atoms with E-state index in [9.17, 15) is 9.18 Å². The van der Waals surface area contributed by atoms with Crippen LogP contribution in [0.5, 0.6) is 0 Å². The van der Waals surface area contributed by atoms with E-state index >= 15 is 0 Å². The Hall–Kier alpha value is -2.54. The Balaban J connectivity index is 1.62. The third kappa shape index (κ3) is 3.85. The fourth-order valence-electron chi connectivity index (χ4n) is 3.20. The Morgan fingerprint density at radius 2 is 1.96 bits per heavy atom. The summed E-state index contributed by atoms with van der Waals surface area (Å²) in [6.45, 7) is 0.996.